The van der Waals surface area contributed by atoms with Crippen molar-refractivity contribution in [3.05, 3.63) is 52.2 Å². The Bertz CT molecular complexity index is 614. The van der Waals surface area contributed by atoms with Crippen molar-refractivity contribution in [3.63, 3.8) is 0 Å². The molecule has 0 saturated carbocycles. The number of pyridine rings is 1. The SMILES string of the molecule is CCCNCc1cnc(Oc2ccc(C)cc2C)c(Cl)c1. The van der Waals surface area contributed by atoms with Crippen molar-refractivity contribution in [2.75, 3.05) is 6.54 Å². The van der Waals surface area contributed by atoms with E-state index in [9.17, 15) is 0 Å². The van der Waals surface area contributed by atoms with Gasteiger partial charge in [-0.2, -0.15) is 0 Å². The number of benzene rings is 1. The van der Waals surface area contributed by atoms with Crippen LogP contribution in [0.25, 0.3) is 0 Å². The first-order valence-corrected chi connectivity index (χ1v) is 7.58. The second kappa shape index (κ2) is 7.43. The summed E-state index contributed by atoms with van der Waals surface area (Å²) < 4.78 is 5.81. The van der Waals surface area contributed by atoms with Gasteiger partial charge < -0.3 is 10.1 Å². The summed E-state index contributed by atoms with van der Waals surface area (Å²) in [4.78, 5) is 4.32. The number of hydrogen-bond donors (Lipinski definition) is 1. The van der Waals surface area contributed by atoms with Gasteiger partial charge >= 0.3 is 0 Å². The molecule has 0 aliphatic rings. The molecule has 0 saturated heterocycles. The van der Waals surface area contributed by atoms with Crippen molar-refractivity contribution in [3.8, 4) is 11.6 Å². The highest BCUT2D eigenvalue weighted by molar-refractivity contribution is 6.31. The fourth-order valence-corrected chi connectivity index (χ4v) is 2.29. The molecule has 3 nitrogen and oxygen atoms in total. The maximum atomic E-state index is 6.26. The molecule has 0 aliphatic heterocycles. The third-order valence-corrected chi connectivity index (χ3v) is 3.43. The van der Waals surface area contributed by atoms with Crippen LogP contribution in [-0.2, 0) is 6.54 Å². The zero-order valence-corrected chi connectivity index (χ0v) is 13.5. The van der Waals surface area contributed by atoms with Gasteiger partial charge in [0.1, 0.15) is 10.8 Å². The molecule has 4 heteroatoms. The van der Waals surface area contributed by atoms with Crippen LogP contribution in [0.3, 0.4) is 0 Å². The van der Waals surface area contributed by atoms with Gasteiger partial charge in [0.25, 0.3) is 0 Å². The van der Waals surface area contributed by atoms with Crippen LogP contribution in [0.15, 0.2) is 30.5 Å². The van der Waals surface area contributed by atoms with Crippen LogP contribution in [0.1, 0.15) is 30.0 Å². The monoisotopic (exact) mass is 304 g/mol. The van der Waals surface area contributed by atoms with Gasteiger partial charge in [-0.05, 0) is 50.1 Å². The first-order chi connectivity index (χ1) is 10.1. The summed E-state index contributed by atoms with van der Waals surface area (Å²) in [7, 11) is 0. The molecule has 112 valence electrons. The van der Waals surface area contributed by atoms with E-state index < -0.39 is 0 Å². The molecule has 0 unspecified atom stereocenters. The topological polar surface area (TPSA) is 34.2 Å². The molecule has 0 spiro atoms. The van der Waals surface area contributed by atoms with Crippen LogP contribution < -0.4 is 10.1 Å². The number of nitrogens with zero attached hydrogens (tertiary/aromatic N) is 1. The van der Waals surface area contributed by atoms with E-state index in [1.165, 1.54) is 5.56 Å². The van der Waals surface area contributed by atoms with Gasteiger partial charge in [0.15, 0.2) is 0 Å². The molecule has 1 heterocycles. The van der Waals surface area contributed by atoms with Crippen molar-refractivity contribution in [2.24, 2.45) is 0 Å². The highest BCUT2D eigenvalue weighted by Gasteiger charge is 2.08. The lowest BCUT2D eigenvalue weighted by Gasteiger charge is -2.11. The Morgan fingerprint density at radius 3 is 2.71 bits per heavy atom. The van der Waals surface area contributed by atoms with Crippen LogP contribution in [0.2, 0.25) is 5.02 Å². The quantitative estimate of drug-likeness (QED) is 0.789. The Labute approximate surface area is 131 Å². The van der Waals surface area contributed by atoms with Crippen LogP contribution in [0.4, 0.5) is 0 Å². The molecule has 0 radical (unpaired) electrons. The van der Waals surface area contributed by atoms with Gasteiger partial charge in [-0.15, -0.1) is 0 Å². The Morgan fingerprint density at radius 1 is 1.24 bits per heavy atom. The van der Waals surface area contributed by atoms with E-state index in [0.717, 1.165) is 36.4 Å². The third-order valence-electron chi connectivity index (χ3n) is 3.16. The fraction of sp³-hybridized carbons (Fsp3) is 0.353. The minimum atomic E-state index is 0.447. The van der Waals surface area contributed by atoms with E-state index in [1.54, 1.807) is 6.20 Å². The number of rotatable bonds is 6. The average molecular weight is 305 g/mol. The number of hydrogen-bond acceptors (Lipinski definition) is 3. The third kappa shape index (κ3) is 4.45. The lowest BCUT2D eigenvalue weighted by molar-refractivity contribution is 0.459. The van der Waals surface area contributed by atoms with E-state index in [2.05, 4.69) is 30.2 Å². The van der Waals surface area contributed by atoms with E-state index in [1.807, 2.05) is 25.1 Å². The molecule has 0 bridgehead atoms. The molecular formula is C17H21ClN2O. The molecule has 0 amide bonds. The molecule has 0 atom stereocenters. The maximum Gasteiger partial charge on any atom is 0.238 e. The zero-order chi connectivity index (χ0) is 15.2. The summed E-state index contributed by atoms with van der Waals surface area (Å²) >= 11 is 6.26. The normalized spacial score (nSPS) is 10.7. The maximum absolute atomic E-state index is 6.26. The number of nitrogens with one attached hydrogen (secondary N) is 1. The second-order valence-electron chi connectivity index (χ2n) is 5.18. The predicted molar refractivity (Wildman–Crippen MR) is 87.2 cm³/mol. The van der Waals surface area contributed by atoms with Crippen LogP contribution >= 0.6 is 11.6 Å². The van der Waals surface area contributed by atoms with Gasteiger partial charge in [-0.1, -0.05) is 36.2 Å². The van der Waals surface area contributed by atoms with Crippen molar-refractivity contribution in [1.29, 1.82) is 0 Å². The van der Waals surface area contributed by atoms with Crippen molar-refractivity contribution >= 4 is 11.6 Å². The van der Waals surface area contributed by atoms with E-state index >= 15 is 0 Å². The van der Waals surface area contributed by atoms with Crippen LogP contribution in [-0.4, -0.2) is 11.5 Å². The standard InChI is InChI=1S/C17H21ClN2O/c1-4-7-19-10-14-9-15(18)17(20-11-14)21-16-6-5-12(2)8-13(16)3/h5-6,8-9,11,19H,4,7,10H2,1-3H3. The molecule has 1 aromatic carbocycles. The summed E-state index contributed by atoms with van der Waals surface area (Å²) in [5.41, 5.74) is 3.33. The van der Waals surface area contributed by atoms with Crippen LogP contribution in [0, 0.1) is 13.8 Å². The van der Waals surface area contributed by atoms with Gasteiger partial charge in [-0.25, -0.2) is 4.98 Å². The summed E-state index contributed by atoms with van der Waals surface area (Å²) in [6.07, 6.45) is 2.91. The largest absolute Gasteiger partial charge is 0.437 e. The van der Waals surface area contributed by atoms with Crippen LogP contribution in [0.5, 0.6) is 11.6 Å². The smallest absolute Gasteiger partial charge is 0.238 e. The van der Waals surface area contributed by atoms with Crippen molar-refractivity contribution in [2.45, 2.75) is 33.7 Å². The number of halogens is 1. The average Bonchev–Trinajstić information content (AvgIpc) is 2.44. The Kier molecular flexibility index (Phi) is 5.59. The second-order valence-corrected chi connectivity index (χ2v) is 5.59. The van der Waals surface area contributed by atoms with E-state index in [-0.39, 0.29) is 0 Å². The van der Waals surface area contributed by atoms with Gasteiger partial charge in [0.2, 0.25) is 5.88 Å². The lowest BCUT2D eigenvalue weighted by Crippen LogP contribution is -2.13. The molecule has 1 N–H and O–H groups in total. The Morgan fingerprint density at radius 2 is 2.05 bits per heavy atom. The van der Waals surface area contributed by atoms with Crippen molar-refractivity contribution < 1.29 is 4.74 Å². The Balaban J connectivity index is 2.10. The zero-order valence-electron chi connectivity index (χ0n) is 12.7. The first kappa shape index (κ1) is 15.8. The van der Waals surface area contributed by atoms with Gasteiger partial charge in [0.05, 0.1) is 0 Å². The minimum Gasteiger partial charge on any atom is -0.437 e. The fourth-order valence-electron chi connectivity index (χ4n) is 2.06. The Hall–Kier alpha value is -1.58. The molecule has 0 fully saturated rings. The van der Waals surface area contributed by atoms with Gasteiger partial charge in [0, 0.05) is 12.7 Å². The molecule has 21 heavy (non-hydrogen) atoms. The molecular weight excluding hydrogens is 284 g/mol. The number of aromatic nitrogens is 1. The lowest BCUT2D eigenvalue weighted by atomic mass is 10.1. The summed E-state index contributed by atoms with van der Waals surface area (Å²) in [5, 5.41) is 3.86. The predicted octanol–water partition coefficient (Wildman–Crippen LogP) is 4.64. The van der Waals surface area contributed by atoms with Crippen molar-refractivity contribution in [1.82, 2.24) is 10.3 Å². The highest BCUT2D eigenvalue weighted by Crippen LogP contribution is 2.30. The molecule has 0 aliphatic carbocycles. The summed E-state index contributed by atoms with van der Waals surface area (Å²) in [5.74, 6) is 1.23. The van der Waals surface area contributed by atoms with Gasteiger partial charge in [-0.3, -0.25) is 0 Å². The minimum absolute atomic E-state index is 0.447. The molecule has 2 rings (SSSR count). The molecule has 2 aromatic rings. The van der Waals surface area contributed by atoms with E-state index in [4.69, 9.17) is 16.3 Å². The van der Waals surface area contributed by atoms with E-state index in [0.29, 0.717) is 10.9 Å². The molecule has 1 aromatic heterocycles. The first-order valence-electron chi connectivity index (χ1n) is 7.20. The highest BCUT2D eigenvalue weighted by atomic mass is 35.5. The number of ether oxygens (including phenoxy) is 1. The summed E-state index contributed by atoms with van der Waals surface area (Å²) in [6, 6.07) is 7.93. The number of aryl methyl sites for hydroxylation is 2. The summed E-state index contributed by atoms with van der Waals surface area (Å²) in [6.45, 7) is 7.96.